The number of nitrogens with two attached hydrogens (primary N) is 1. The molecule has 1 atom stereocenters. The molecule has 1 aromatic carbocycles. The van der Waals surface area contributed by atoms with Crippen LogP contribution in [-0.4, -0.2) is 21.9 Å². The summed E-state index contributed by atoms with van der Waals surface area (Å²) in [5, 5.41) is 25.6. The molecule has 6 nitrogen and oxygen atoms in total. The summed E-state index contributed by atoms with van der Waals surface area (Å²) in [4.78, 5) is 11.7. The second-order valence-corrected chi connectivity index (χ2v) is 5.26. The van der Waals surface area contributed by atoms with E-state index < -0.39 is 5.23 Å². The Morgan fingerprint density at radius 3 is 2.82 bits per heavy atom. The Kier molecular flexibility index (Phi) is 5.33. The largest absolute Gasteiger partial charge is 0.595 e. The minimum Gasteiger partial charge on any atom is -0.595 e. The molecule has 0 amide bonds. The van der Waals surface area contributed by atoms with Gasteiger partial charge in [0.05, 0.1) is 9.32 Å². The van der Waals surface area contributed by atoms with Gasteiger partial charge in [0, 0.05) is 11.6 Å². The number of carbonyl (C=O) groups is 1. The highest BCUT2D eigenvalue weighted by Gasteiger charge is 2.13. The van der Waals surface area contributed by atoms with E-state index in [1.165, 1.54) is 6.07 Å². The van der Waals surface area contributed by atoms with E-state index in [4.69, 9.17) is 16.4 Å². The molecule has 0 saturated heterocycles. The summed E-state index contributed by atoms with van der Waals surface area (Å²) in [6.07, 6.45) is 0. The predicted molar refractivity (Wildman–Crippen MR) is 73.6 cm³/mol. The van der Waals surface area contributed by atoms with Crippen LogP contribution in [0.25, 0.3) is 0 Å². The third-order valence-corrected chi connectivity index (χ3v) is 3.54. The van der Waals surface area contributed by atoms with Crippen LogP contribution in [-0.2, 0) is 0 Å². The van der Waals surface area contributed by atoms with Gasteiger partial charge in [0.1, 0.15) is 0 Å². The average Bonchev–Trinajstić information content (AvgIpc) is 2.26. The maximum absolute atomic E-state index is 11.7. The third-order valence-electron chi connectivity index (χ3n) is 1.88. The lowest BCUT2D eigenvalue weighted by Crippen LogP contribution is -2.99. The Morgan fingerprint density at radius 1 is 1.65 bits per heavy atom. The van der Waals surface area contributed by atoms with Crippen molar-refractivity contribution in [3.8, 4) is 0 Å². The lowest BCUT2D eigenvalue weighted by Gasteiger charge is -2.13. The summed E-state index contributed by atoms with van der Waals surface area (Å²) in [7, 11) is 0. The van der Waals surface area contributed by atoms with Gasteiger partial charge in [0.25, 0.3) is 0 Å². The van der Waals surface area contributed by atoms with Crippen LogP contribution in [0, 0.1) is 14.2 Å². The Labute approximate surface area is 115 Å². The number of carbonyl (C=O) groups excluding carboxylic acids is 1. The number of thioether (sulfide) groups is 1. The van der Waals surface area contributed by atoms with Crippen molar-refractivity contribution in [3.05, 3.63) is 32.5 Å². The number of Topliss-reactive ketones (excluding diaryl/α,β-unsaturated/α-hetero) is 1. The van der Waals surface area contributed by atoms with Crippen molar-refractivity contribution in [2.24, 2.45) is 5.73 Å². The fourth-order valence-electron chi connectivity index (χ4n) is 1.09. The molecule has 0 aromatic heterocycles. The minimum atomic E-state index is -1.07. The summed E-state index contributed by atoms with van der Waals surface area (Å²) in [6.45, 7) is 0. The molecule has 0 aliphatic rings. The second kappa shape index (κ2) is 6.31. The van der Waals surface area contributed by atoms with Crippen molar-refractivity contribution < 1.29 is 15.2 Å². The number of hydrogen-bond acceptors (Lipinski definition) is 5. The first-order valence-electron chi connectivity index (χ1n) is 4.44. The van der Waals surface area contributed by atoms with Crippen molar-refractivity contribution >= 4 is 51.0 Å². The smallest absolute Gasteiger partial charge is 0.177 e. The fraction of sp³-hybridized carbons (Fsp3) is 0.111. The summed E-state index contributed by atoms with van der Waals surface area (Å²) >= 11 is 2.81. The molecule has 0 fully saturated rings. The lowest BCUT2D eigenvalue weighted by molar-refractivity contribution is -0.991. The zero-order valence-electron chi connectivity index (χ0n) is 8.57. The first-order valence-corrected chi connectivity index (χ1v) is 6.51. The second-order valence-electron chi connectivity index (χ2n) is 3.08. The molecule has 1 aromatic rings. The topological polar surface area (TPSA) is 115 Å². The first kappa shape index (κ1) is 14.4. The zero-order chi connectivity index (χ0) is 13.0. The lowest BCUT2D eigenvalue weighted by atomic mass is 10.1. The molecule has 8 heteroatoms. The van der Waals surface area contributed by atoms with Gasteiger partial charge in [-0.25, -0.2) is 5.21 Å². The van der Waals surface area contributed by atoms with Crippen molar-refractivity contribution in [2.75, 3.05) is 5.75 Å². The van der Waals surface area contributed by atoms with E-state index in [0.717, 1.165) is 11.8 Å². The van der Waals surface area contributed by atoms with Crippen LogP contribution in [0.3, 0.4) is 0 Å². The molecule has 0 aliphatic carbocycles. The number of ketones is 1. The molecule has 1 rings (SSSR count). The monoisotopic (exact) mass is 367 g/mol. The first-order chi connectivity index (χ1) is 7.91. The van der Waals surface area contributed by atoms with Gasteiger partial charge in [-0.15, -0.1) is 0 Å². The standard InChI is InChI=1S/C9H10IN3O3S/c10-6-2-1-5(3-7(6)13(15)16)8(14)4-17-9(11)12/h1-3,13,15H,4H2,(H3,11,12). The highest BCUT2D eigenvalue weighted by molar-refractivity contribution is 14.1. The van der Waals surface area contributed by atoms with E-state index in [1.807, 2.05) is 22.6 Å². The van der Waals surface area contributed by atoms with Crippen LogP contribution in [0.2, 0.25) is 0 Å². The SMILES string of the molecule is N=C(N)SCC(=O)c1ccc(I)c([NH+]([O-])O)c1. The molecule has 92 valence electrons. The number of amidine groups is 1. The van der Waals surface area contributed by atoms with Crippen LogP contribution in [0.5, 0.6) is 0 Å². The predicted octanol–water partition coefficient (Wildman–Crippen LogP) is 0.504. The number of rotatable bonds is 4. The van der Waals surface area contributed by atoms with Crippen molar-refractivity contribution in [1.82, 2.24) is 0 Å². The molecule has 0 heterocycles. The Hall–Kier alpha value is -0.680. The highest BCUT2D eigenvalue weighted by atomic mass is 127. The third kappa shape index (κ3) is 4.24. The fourth-order valence-corrected chi connectivity index (χ4v) is 2.11. The number of hydrogen-bond donors (Lipinski definition) is 4. The Bertz CT molecular complexity index is 453. The molecule has 0 saturated carbocycles. The molecule has 17 heavy (non-hydrogen) atoms. The van der Waals surface area contributed by atoms with Gasteiger partial charge in [-0.05, 0) is 34.7 Å². The normalized spacial score (nSPS) is 12.2. The molecule has 0 bridgehead atoms. The van der Waals surface area contributed by atoms with E-state index in [9.17, 15) is 10.0 Å². The van der Waals surface area contributed by atoms with Gasteiger partial charge in [-0.1, -0.05) is 11.8 Å². The average molecular weight is 367 g/mol. The van der Waals surface area contributed by atoms with E-state index in [0.29, 0.717) is 9.13 Å². The van der Waals surface area contributed by atoms with Crippen LogP contribution >= 0.6 is 34.4 Å². The maximum Gasteiger partial charge on any atom is 0.177 e. The maximum atomic E-state index is 11.7. The number of halogens is 1. The van der Waals surface area contributed by atoms with Gasteiger partial charge in [-0.3, -0.25) is 10.2 Å². The van der Waals surface area contributed by atoms with Crippen molar-refractivity contribution in [1.29, 1.82) is 5.41 Å². The number of benzene rings is 1. The molecule has 5 N–H and O–H groups in total. The van der Waals surface area contributed by atoms with Crippen LogP contribution in [0.1, 0.15) is 10.4 Å². The van der Waals surface area contributed by atoms with E-state index in [-0.39, 0.29) is 22.4 Å². The van der Waals surface area contributed by atoms with Crippen LogP contribution in [0.15, 0.2) is 18.2 Å². The molecular formula is C9H10IN3O3S. The number of nitrogens with one attached hydrogen (secondary N) is 2. The summed E-state index contributed by atoms with van der Waals surface area (Å²) in [5.74, 6) is -0.210. The quantitative estimate of drug-likeness (QED) is 0.204. The molecule has 0 radical (unpaired) electrons. The zero-order valence-corrected chi connectivity index (χ0v) is 11.5. The minimum absolute atomic E-state index is 0.0367. The van der Waals surface area contributed by atoms with Gasteiger partial charge >= 0.3 is 0 Å². The summed E-state index contributed by atoms with van der Waals surface area (Å²) in [5.41, 5.74) is 5.54. The van der Waals surface area contributed by atoms with E-state index >= 15 is 0 Å². The Balaban J connectivity index is 2.88. The molecule has 0 aliphatic heterocycles. The van der Waals surface area contributed by atoms with Crippen molar-refractivity contribution in [3.63, 3.8) is 0 Å². The van der Waals surface area contributed by atoms with Gasteiger partial charge in [0.15, 0.2) is 16.6 Å². The molecule has 1 unspecified atom stereocenters. The van der Waals surface area contributed by atoms with Crippen molar-refractivity contribution in [2.45, 2.75) is 0 Å². The van der Waals surface area contributed by atoms with E-state index in [1.54, 1.807) is 12.1 Å². The van der Waals surface area contributed by atoms with Crippen LogP contribution in [0.4, 0.5) is 5.69 Å². The number of quaternary nitrogens is 1. The summed E-state index contributed by atoms with van der Waals surface area (Å²) in [6, 6.07) is 4.49. The van der Waals surface area contributed by atoms with Crippen LogP contribution < -0.4 is 11.0 Å². The van der Waals surface area contributed by atoms with Gasteiger partial charge in [0.2, 0.25) is 0 Å². The van der Waals surface area contributed by atoms with Gasteiger partial charge in [-0.2, -0.15) is 5.23 Å². The van der Waals surface area contributed by atoms with E-state index in [2.05, 4.69) is 0 Å². The summed E-state index contributed by atoms with van der Waals surface area (Å²) < 4.78 is 0.575. The highest BCUT2D eigenvalue weighted by Crippen LogP contribution is 2.17. The van der Waals surface area contributed by atoms with Gasteiger partial charge < -0.3 is 10.9 Å². The molecule has 0 spiro atoms. The Morgan fingerprint density at radius 2 is 2.29 bits per heavy atom. The molecular weight excluding hydrogens is 357 g/mol.